The first-order valence-electron chi connectivity index (χ1n) is 7.71. The third kappa shape index (κ3) is 2.55. The van der Waals surface area contributed by atoms with Crippen molar-refractivity contribution in [1.82, 2.24) is 34.3 Å². The second kappa shape index (κ2) is 5.31. The first-order chi connectivity index (χ1) is 11.1. The molecule has 8 nitrogen and oxygen atoms in total. The van der Waals surface area contributed by atoms with Crippen molar-refractivity contribution in [2.24, 2.45) is 7.05 Å². The van der Waals surface area contributed by atoms with Crippen LogP contribution in [-0.4, -0.2) is 60.4 Å². The molecule has 0 bridgehead atoms. The number of hydrogen-bond acceptors (Lipinski definition) is 6. The summed E-state index contributed by atoms with van der Waals surface area (Å²) in [5.41, 5.74) is 1.89. The van der Waals surface area contributed by atoms with Gasteiger partial charge >= 0.3 is 0 Å². The van der Waals surface area contributed by atoms with Gasteiger partial charge in [-0.2, -0.15) is 4.52 Å². The van der Waals surface area contributed by atoms with E-state index in [9.17, 15) is 0 Å². The normalized spacial score (nSPS) is 15.6. The fraction of sp³-hybridized carbons (Fsp3) is 0.467. The molecule has 1 aliphatic rings. The number of fused-ring (bicyclic) bond motifs is 1. The van der Waals surface area contributed by atoms with Gasteiger partial charge in [0.25, 0.3) is 0 Å². The van der Waals surface area contributed by atoms with Gasteiger partial charge in [-0.25, -0.2) is 4.98 Å². The molecule has 4 rings (SSSR count). The van der Waals surface area contributed by atoms with Crippen molar-refractivity contribution in [1.29, 1.82) is 0 Å². The third-order valence-corrected chi connectivity index (χ3v) is 4.38. The summed E-state index contributed by atoms with van der Waals surface area (Å²) in [6.07, 6.45) is 3.91. The molecule has 0 N–H and O–H groups in total. The highest BCUT2D eigenvalue weighted by Crippen LogP contribution is 2.22. The number of hydrogen-bond donors (Lipinski definition) is 0. The molecule has 1 aliphatic heterocycles. The van der Waals surface area contributed by atoms with Crippen molar-refractivity contribution >= 4 is 11.5 Å². The zero-order chi connectivity index (χ0) is 16.0. The van der Waals surface area contributed by atoms with Crippen LogP contribution in [-0.2, 0) is 13.6 Å². The van der Waals surface area contributed by atoms with Gasteiger partial charge in [0.1, 0.15) is 5.82 Å². The zero-order valence-electron chi connectivity index (χ0n) is 13.6. The highest BCUT2D eigenvalue weighted by Gasteiger charge is 2.31. The number of rotatable bonds is 4. The molecule has 0 unspecified atom stereocenters. The third-order valence-electron chi connectivity index (χ3n) is 4.38. The topological polar surface area (TPSA) is 67.4 Å². The largest absolute Gasteiger partial charge is 0.352 e. The van der Waals surface area contributed by atoms with Crippen molar-refractivity contribution in [3.05, 3.63) is 36.2 Å². The SMILES string of the molecule is Cc1nnc2ccc(N3CC(N(C)Cc4cn(C)cn4)C3)nn12. The highest BCUT2D eigenvalue weighted by molar-refractivity contribution is 5.47. The Morgan fingerprint density at radius 3 is 2.83 bits per heavy atom. The Hall–Kier alpha value is -2.48. The van der Waals surface area contributed by atoms with E-state index in [0.29, 0.717) is 6.04 Å². The van der Waals surface area contributed by atoms with Gasteiger partial charge in [-0.3, -0.25) is 4.90 Å². The average molecular weight is 312 g/mol. The maximum absolute atomic E-state index is 4.62. The monoisotopic (exact) mass is 312 g/mol. The van der Waals surface area contributed by atoms with Gasteiger partial charge in [-0.1, -0.05) is 0 Å². The van der Waals surface area contributed by atoms with E-state index in [2.05, 4.69) is 43.3 Å². The second-order valence-electron chi connectivity index (χ2n) is 6.21. The van der Waals surface area contributed by atoms with Crippen LogP contribution in [0.25, 0.3) is 5.65 Å². The van der Waals surface area contributed by atoms with Crippen molar-refractivity contribution in [2.75, 3.05) is 25.0 Å². The van der Waals surface area contributed by atoms with Crippen LogP contribution < -0.4 is 4.90 Å². The quantitative estimate of drug-likeness (QED) is 0.698. The van der Waals surface area contributed by atoms with E-state index >= 15 is 0 Å². The van der Waals surface area contributed by atoms with Crippen LogP contribution in [0.3, 0.4) is 0 Å². The van der Waals surface area contributed by atoms with Crippen molar-refractivity contribution in [3.63, 3.8) is 0 Å². The van der Waals surface area contributed by atoms with Crippen LogP contribution in [0.5, 0.6) is 0 Å². The summed E-state index contributed by atoms with van der Waals surface area (Å²) in [7, 11) is 4.15. The fourth-order valence-electron chi connectivity index (χ4n) is 2.91. The van der Waals surface area contributed by atoms with E-state index < -0.39 is 0 Å². The number of anilines is 1. The fourth-order valence-corrected chi connectivity index (χ4v) is 2.91. The van der Waals surface area contributed by atoms with Crippen molar-refractivity contribution < 1.29 is 0 Å². The minimum Gasteiger partial charge on any atom is -0.352 e. The molecule has 0 aromatic carbocycles. The van der Waals surface area contributed by atoms with Crippen LogP contribution in [0.4, 0.5) is 5.82 Å². The molecule has 0 atom stereocenters. The molecule has 0 aliphatic carbocycles. The Balaban J connectivity index is 1.40. The van der Waals surface area contributed by atoms with E-state index in [1.54, 1.807) is 4.52 Å². The molecule has 0 saturated carbocycles. The number of likely N-dealkylation sites (N-methyl/N-ethyl adjacent to an activating group) is 1. The molecular formula is C15H20N8. The molecule has 0 amide bonds. The summed E-state index contributed by atoms with van der Waals surface area (Å²) < 4.78 is 3.77. The lowest BCUT2D eigenvalue weighted by Gasteiger charge is -2.44. The average Bonchev–Trinajstić information content (AvgIpc) is 3.04. The van der Waals surface area contributed by atoms with Gasteiger partial charge in [0.05, 0.1) is 12.0 Å². The zero-order valence-corrected chi connectivity index (χ0v) is 13.6. The van der Waals surface area contributed by atoms with Crippen LogP contribution in [0.1, 0.15) is 11.5 Å². The van der Waals surface area contributed by atoms with E-state index in [4.69, 9.17) is 0 Å². The molecule has 1 fully saturated rings. The van der Waals surface area contributed by atoms with Gasteiger partial charge in [0.15, 0.2) is 11.5 Å². The molecule has 120 valence electrons. The van der Waals surface area contributed by atoms with Gasteiger partial charge < -0.3 is 9.47 Å². The van der Waals surface area contributed by atoms with Crippen molar-refractivity contribution in [2.45, 2.75) is 19.5 Å². The van der Waals surface area contributed by atoms with E-state index in [-0.39, 0.29) is 0 Å². The van der Waals surface area contributed by atoms with Crippen LogP contribution in [0.2, 0.25) is 0 Å². The van der Waals surface area contributed by atoms with Gasteiger partial charge in [-0.15, -0.1) is 15.3 Å². The lowest BCUT2D eigenvalue weighted by atomic mass is 10.1. The lowest BCUT2D eigenvalue weighted by Crippen LogP contribution is -2.58. The number of nitrogens with zero attached hydrogens (tertiary/aromatic N) is 8. The molecule has 8 heteroatoms. The summed E-state index contributed by atoms with van der Waals surface area (Å²) in [5, 5.41) is 12.7. The minimum absolute atomic E-state index is 0.525. The maximum atomic E-state index is 4.62. The van der Waals surface area contributed by atoms with E-state index in [1.807, 2.05) is 37.0 Å². The number of aryl methyl sites for hydroxylation is 2. The molecule has 3 aromatic heterocycles. The van der Waals surface area contributed by atoms with Gasteiger partial charge in [0.2, 0.25) is 0 Å². The first-order valence-corrected chi connectivity index (χ1v) is 7.71. The molecule has 4 heterocycles. The smallest absolute Gasteiger partial charge is 0.178 e. The van der Waals surface area contributed by atoms with E-state index in [0.717, 1.165) is 42.6 Å². The van der Waals surface area contributed by atoms with Crippen molar-refractivity contribution in [3.8, 4) is 0 Å². The molecular weight excluding hydrogens is 292 g/mol. The standard InChI is InChI=1S/C15H20N8/c1-11-17-18-14-4-5-15(19-23(11)14)22-8-13(9-22)21(3)7-12-6-20(2)10-16-12/h4-6,10,13H,7-9H2,1-3H3. The second-order valence-corrected chi connectivity index (χ2v) is 6.21. The lowest BCUT2D eigenvalue weighted by molar-refractivity contribution is 0.194. The molecule has 1 saturated heterocycles. The number of aromatic nitrogens is 6. The summed E-state index contributed by atoms with van der Waals surface area (Å²) in [6.45, 7) is 4.73. The van der Waals surface area contributed by atoms with Crippen LogP contribution in [0.15, 0.2) is 24.7 Å². The predicted molar refractivity (Wildman–Crippen MR) is 86.2 cm³/mol. The number of imidazole rings is 1. The Morgan fingerprint density at radius 1 is 1.26 bits per heavy atom. The van der Waals surface area contributed by atoms with Gasteiger partial charge in [0, 0.05) is 38.9 Å². The van der Waals surface area contributed by atoms with Crippen LogP contribution >= 0.6 is 0 Å². The molecule has 3 aromatic rings. The summed E-state index contributed by atoms with van der Waals surface area (Å²) in [5.74, 6) is 1.79. The highest BCUT2D eigenvalue weighted by atomic mass is 15.4. The predicted octanol–water partition coefficient (Wildman–Crippen LogP) is 0.487. The Bertz CT molecular complexity index is 829. The Morgan fingerprint density at radius 2 is 2.09 bits per heavy atom. The van der Waals surface area contributed by atoms with Gasteiger partial charge in [-0.05, 0) is 26.1 Å². The maximum Gasteiger partial charge on any atom is 0.178 e. The Labute approximate surface area is 134 Å². The van der Waals surface area contributed by atoms with E-state index in [1.165, 1.54) is 0 Å². The summed E-state index contributed by atoms with van der Waals surface area (Å²) in [4.78, 5) is 9.01. The molecule has 0 radical (unpaired) electrons. The molecule has 0 spiro atoms. The Kier molecular flexibility index (Phi) is 3.26. The minimum atomic E-state index is 0.525. The first kappa shape index (κ1) is 14.1. The van der Waals surface area contributed by atoms with Crippen LogP contribution in [0, 0.1) is 6.92 Å². The summed E-state index contributed by atoms with van der Waals surface area (Å²) >= 11 is 0. The summed E-state index contributed by atoms with van der Waals surface area (Å²) in [6, 6.07) is 4.50. The molecule has 23 heavy (non-hydrogen) atoms.